The number of nitrogens with one attached hydrogen (secondary N) is 1. The maximum atomic E-state index is 13.1. The van der Waals surface area contributed by atoms with Crippen molar-refractivity contribution >= 4 is 17.5 Å². The van der Waals surface area contributed by atoms with Gasteiger partial charge in [0.25, 0.3) is 0 Å². The first-order chi connectivity index (χ1) is 14.2. The molecule has 1 fully saturated rings. The largest absolute Gasteiger partial charge is 0.355 e. The molecule has 2 aromatic carbocycles. The lowest BCUT2D eigenvalue weighted by atomic mass is 9.78. The second-order valence-corrected chi connectivity index (χ2v) is 8.02. The highest BCUT2D eigenvalue weighted by Gasteiger charge is 2.42. The van der Waals surface area contributed by atoms with E-state index in [9.17, 15) is 4.79 Å². The zero-order chi connectivity index (χ0) is 20.1. The lowest BCUT2D eigenvalue weighted by Crippen LogP contribution is -2.43. The molecule has 1 aliphatic carbocycles. The van der Waals surface area contributed by atoms with E-state index in [1.54, 1.807) is 0 Å². The van der Waals surface area contributed by atoms with E-state index >= 15 is 0 Å². The van der Waals surface area contributed by atoms with Crippen LogP contribution in [0.3, 0.4) is 0 Å². The third kappa shape index (κ3) is 4.33. The van der Waals surface area contributed by atoms with E-state index in [4.69, 9.17) is 11.6 Å². The molecule has 1 heterocycles. The Morgan fingerprint density at radius 1 is 0.966 bits per heavy atom. The third-order valence-electron chi connectivity index (χ3n) is 5.73. The number of benzene rings is 2. The summed E-state index contributed by atoms with van der Waals surface area (Å²) in [6.07, 6.45) is 8.30. The van der Waals surface area contributed by atoms with Gasteiger partial charge in [-0.3, -0.25) is 4.79 Å². The first kappa shape index (κ1) is 19.6. The van der Waals surface area contributed by atoms with Crippen molar-refractivity contribution in [2.75, 3.05) is 6.54 Å². The Balaban J connectivity index is 1.38. The molecule has 1 aromatic heterocycles. The molecule has 4 rings (SSSR count). The van der Waals surface area contributed by atoms with Crippen molar-refractivity contribution in [3.8, 4) is 11.4 Å². The van der Waals surface area contributed by atoms with Gasteiger partial charge < -0.3 is 5.32 Å². The van der Waals surface area contributed by atoms with Crippen LogP contribution in [0.1, 0.15) is 36.8 Å². The Labute approximate surface area is 176 Å². The number of hydrogen-bond donors (Lipinski definition) is 1. The number of amides is 1. The lowest BCUT2D eigenvalue weighted by molar-refractivity contribution is -0.126. The lowest BCUT2D eigenvalue weighted by Gasteiger charge is -2.28. The van der Waals surface area contributed by atoms with Crippen molar-refractivity contribution in [1.82, 2.24) is 15.3 Å². The highest BCUT2D eigenvalue weighted by molar-refractivity contribution is 6.30. The maximum Gasteiger partial charge on any atom is 0.230 e. The maximum absolute atomic E-state index is 13.1. The molecule has 1 aliphatic rings. The number of halogens is 1. The molecule has 0 atom stereocenters. The predicted molar refractivity (Wildman–Crippen MR) is 116 cm³/mol. The molecule has 5 heteroatoms. The van der Waals surface area contributed by atoms with Gasteiger partial charge in [0.2, 0.25) is 5.91 Å². The van der Waals surface area contributed by atoms with Crippen LogP contribution in [0.25, 0.3) is 11.4 Å². The summed E-state index contributed by atoms with van der Waals surface area (Å²) in [5.41, 5.74) is 2.64. The zero-order valence-electron chi connectivity index (χ0n) is 16.3. The predicted octanol–water partition coefficient (Wildman–Crippen LogP) is 4.97. The average molecular weight is 406 g/mol. The van der Waals surface area contributed by atoms with Gasteiger partial charge in [-0.15, -0.1) is 0 Å². The molecule has 0 saturated heterocycles. The number of hydrogen-bond acceptors (Lipinski definition) is 3. The average Bonchev–Trinajstić information content (AvgIpc) is 3.26. The van der Waals surface area contributed by atoms with Crippen LogP contribution in [0.4, 0.5) is 0 Å². The molecule has 3 aromatic rings. The Morgan fingerprint density at radius 2 is 1.62 bits per heavy atom. The van der Waals surface area contributed by atoms with Gasteiger partial charge in [0.15, 0.2) is 5.82 Å². The summed E-state index contributed by atoms with van der Waals surface area (Å²) in [4.78, 5) is 22.0. The first-order valence-corrected chi connectivity index (χ1v) is 10.5. The molecule has 4 nitrogen and oxygen atoms in total. The molecule has 0 unspecified atom stereocenters. The smallest absolute Gasteiger partial charge is 0.230 e. The summed E-state index contributed by atoms with van der Waals surface area (Å²) in [6, 6.07) is 17.6. The van der Waals surface area contributed by atoms with E-state index < -0.39 is 5.41 Å². The highest BCUT2D eigenvalue weighted by atomic mass is 35.5. The fourth-order valence-corrected chi connectivity index (χ4v) is 4.23. The van der Waals surface area contributed by atoms with Crippen molar-refractivity contribution in [2.45, 2.75) is 37.5 Å². The van der Waals surface area contributed by atoms with Gasteiger partial charge in [-0.25, -0.2) is 9.97 Å². The van der Waals surface area contributed by atoms with Gasteiger partial charge in [0, 0.05) is 29.5 Å². The highest BCUT2D eigenvalue weighted by Crippen LogP contribution is 2.41. The number of carbonyl (C=O) groups is 1. The number of nitrogens with zero attached hydrogens (tertiary/aromatic N) is 2. The van der Waals surface area contributed by atoms with Crippen molar-refractivity contribution in [3.05, 3.63) is 83.1 Å². The normalized spacial score (nSPS) is 15.2. The summed E-state index contributed by atoms with van der Waals surface area (Å²) >= 11 is 6.03. The van der Waals surface area contributed by atoms with E-state index in [0.717, 1.165) is 42.4 Å². The van der Waals surface area contributed by atoms with E-state index in [2.05, 4.69) is 15.3 Å². The van der Waals surface area contributed by atoms with Gasteiger partial charge in [0.1, 0.15) is 0 Å². The van der Waals surface area contributed by atoms with Crippen LogP contribution in [-0.4, -0.2) is 22.4 Å². The minimum Gasteiger partial charge on any atom is -0.355 e. The Hall–Kier alpha value is -2.72. The SMILES string of the molecule is O=C(NCCc1cnc(-c2ccccc2)nc1)C1(c2ccc(Cl)cc2)CCCC1. The number of carbonyl (C=O) groups excluding carboxylic acids is 1. The minimum absolute atomic E-state index is 0.110. The van der Waals surface area contributed by atoms with Crippen molar-refractivity contribution in [3.63, 3.8) is 0 Å². The van der Waals surface area contributed by atoms with E-state index in [0.29, 0.717) is 23.8 Å². The Kier molecular flexibility index (Phi) is 5.91. The fraction of sp³-hybridized carbons (Fsp3) is 0.292. The molecule has 0 spiro atoms. The molecular weight excluding hydrogens is 382 g/mol. The van der Waals surface area contributed by atoms with Crippen LogP contribution in [-0.2, 0) is 16.6 Å². The third-order valence-corrected chi connectivity index (χ3v) is 5.98. The van der Waals surface area contributed by atoms with Crippen molar-refractivity contribution in [1.29, 1.82) is 0 Å². The second-order valence-electron chi connectivity index (χ2n) is 7.58. The first-order valence-electron chi connectivity index (χ1n) is 10.1. The van der Waals surface area contributed by atoms with Crippen LogP contribution in [0.5, 0.6) is 0 Å². The number of rotatable bonds is 6. The Morgan fingerprint density at radius 3 is 2.28 bits per heavy atom. The van der Waals surface area contributed by atoms with Gasteiger partial charge >= 0.3 is 0 Å². The molecule has 0 radical (unpaired) electrons. The topological polar surface area (TPSA) is 54.9 Å². The molecule has 148 valence electrons. The van der Waals surface area contributed by atoms with E-state index in [1.807, 2.05) is 67.0 Å². The zero-order valence-corrected chi connectivity index (χ0v) is 17.0. The minimum atomic E-state index is -0.432. The molecule has 0 bridgehead atoms. The molecule has 29 heavy (non-hydrogen) atoms. The van der Waals surface area contributed by atoms with E-state index in [1.165, 1.54) is 0 Å². The van der Waals surface area contributed by atoms with E-state index in [-0.39, 0.29) is 5.91 Å². The molecular formula is C24H24ClN3O. The monoisotopic (exact) mass is 405 g/mol. The van der Waals surface area contributed by atoms with Gasteiger partial charge in [-0.05, 0) is 42.5 Å². The molecule has 1 N–H and O–H groups in total. The van der Waals surface area contributed by atoms with Crippen LogP contribution in [0.15, 0.2) is 67.0 Å². The summed E-state index contributed by atoms with van der Waals surface area (Å²) in [6.45, 7) is 0.572. The van der Waals surface area contributed by atoms with Crippen LogP contribution in [0, 0.1) is 0 Å². The van der Waals surface area contributed by atoms with Crippen LogP contribution < -0.4 is 5.32 Å². The number of aromatic nitrogens is 2. The van der Waals surface area contributed by atoms with Gasteiger partial charge in [0.05, 0.1) is 5.41 Å². The summed E-state index contributed by atoms with van der Waals surface area (Å²) in [7, 11) is 0. The summed E-state index contributed by atoms with van der Waals surface area (Å²) < 4.78 is 0. The van der Waals surface area contributed by atoms with Crippen LogP contribution >= 0.6 is 11.6 Å². The summed E-state index contributed by atoms with van der Waals surface area (Å²) in [5, 5.41) is 3.84. The fourth-order valence-electron chi connectivity index (χ4n) is 4.10. The van der Waals surface area contributed by atoms with Crippen molar-refractivity contribution < 1.29 is 4.79 Å². The second kappa shape index (κ2) is 8.75. The summed E-state index contributed by atoms with van der Waals surface area (Å²) in [5.74, 6) is 0.824. The Bertz CT molecular complexity index is 950. The molecule has 1 amide bonds. The van der Waals surface area contributed by atoms with Gasteiger partial charge in [-0.2, -0.15) is 0 Å². The van der Waals surface area contributed by atoms with Crippen molar-refractivity contribution in [2.24, 2.45) is 0 Å². The quantitative estimate of drug-likeness (QED) is 0.630. The van der Waals surface area contributed by atoms with Crippen LogP contribution in [0.2, 0.25) is 5.02 Å². The molecule has 1 saturated carbocycles. The standard InChI is InChI=1S/C24H24ClN3O/c25-21-10-8-20(9-11-21)24(13-4-5-14-24)23(29)26-15-12-18-16-27-22(28-17-18)19-6-2-1-3-7-19/h1-3,6-11,16-17H,4-5,12-15H2,(H,26,29). The molecule has 0 aliphatic heterocycles. The van der Waals surface area contributed by atoms with Gasteiger partial charge in [-0.1, -0.05) is 66.9 Å².